The summed E-state index contributed by atoms with van der Waals surface area (Å²) < 4.78 is 8.77. The molecule has 0 aromatic carbocycles. The Morgan fingerprint density at radius 3 is 2.17 bits per heavy atom. The molecule has 3 heteroatoms. The summed E-state index contributed by atoms with van der Waals surface area (Å²) in [5.41, 5.74) is 0. The first-order valence-electron chi connectivity index (χ1n) is 7.22. The Morgan fingerprint density at radius 1 is 1.17 bits per heavy atom. The molecule has 0 heterocycles. The van der Waals surface area contributed by atoms with Crippen LogP contribution in [0.4, 0.5) is 0 Å². The first-order valence-corrected chi connectivity index (χ1v) is 11.4. The van der Waals surface area contributed by atoms with Crippen molar-refractivity contribution in [3.05, 3.63) is 10.2 Å². The zero-order valence-electron chi connectivity index (χ0n) is 12.6. The smallest absolute Gasteiger partial charge is 0.192 e. The number of hydrogen-bond donors (Lipinski definition) is 0. The van der Waals surface area contributed by atoms with Crippen LogP contribution in [0.3, 0.4) is 0 Å². The lowest BCUT2D eigenvalue weighted by molar-refractivity contribution is 0.132. The second-order valence-electron chi connectivity index (χ2n) is 7.06. The van der Waals surface area contributed by atoms with Gasteiger partial charge < -0.3 is 4.43 Å². The molecule has 1 rings (SSSR count). The number of rotatable bonds is 4. The molecule has 18 heavy (non-hydrogen) atoms. The lowest BCUT2D eigenvalue weighted by Gasteiger charge is -2.41. The van der Waals surface area contributed by atoms with Crippen molar-refractivity contribution in [1.29, 1.82) is 0 Å². The number of hydrogen-bond acceptors (Lipinski definition) is 1. The molecule has 106 valence electrons. The lowest BCUT2D eigenvalue weighted by atomic mass is 9.85. The van der Waals surface area contributed by atoms with E-state index in [4.69, 9.17) is 4.43 Å². The molecule has 1 aliphatic carbocycles. The Bertz CT molecular complexity index is 275. The molecule has 0 amide bonds. The Labute approximate surface area is 128 Å². The van der Waals surface area contributed by atoms with Gasteiger partial charge >= 0.3 is 0 Å². The van der Waals surface area contributed by atoms with Gasteiger partial charge in [-0.25, -0.2) is 0 Å². The van der Waals surface area contributed by atoms with Crippen LogP contribution in [-0.2, 0) is 4.43 Å². The average molecular weight is 380 g/mol. The highest BCUT2D eigenvalue weighted by molar-refractivity contribution is 14.1. The summed E-state index contributed by atoms with van der Waals surface area (Å²) in [5.74, 6) is 0.749. The van der Waals surface area contributed by atoms with E-state index < -0.39 is 8.32 Å². The van der Waals surface area contributed by atoms with Crippen molar-refractivity contribution >= 4 is 30.9 Å². The van der Waals surface area contributed by atoms with Crippen molar-refractivity contribution in [2.75, 3.05) is 0 Å². The van der Waals surface area contributed by atoms with Gasteiger partial charge in [0.05, 0.1) is 6.10 Å². The molecular weight excluding hydrogens is 351 g/mol. The summed E-state index contributed by atoms with van der Waals surface area (Å²) in [7, 11) is -1.64. The Balaban J connectivity index is 2.73. The SMILES string of the molecule is CC(C)(C)[Si](C)(C)O[C@@H](/C=C\I)C1CCCCC1. The third-order valence-electron chi connectivity index (χ3n) is 4.61. The van der Waals surface area contributed by atoms with Gasteiger partial charge in [0.1, 0.15) is 0 Å². The third kappa shape index (κ3) is 4.64. The molecule has 0 spiro atoms. The van der Waals surface area contributed by atoms with Crippen LogP contribution in [0, 0.1) is 5.92 Å². The molecule has 1 atom stereocenters. The van der Waals surface area contributed by atoms with E-state index in [9.17, 15) is 0 Å². The second kappa shape index (κ2) is 6.89. The predicted octanol–water partition coefficient (Wildman–Crippen LogP) is 5.91. The van der Waals surface area contributed by atoms with Crippen LogP contribution in [0.2, 0.25) is 18.1 Å². The molecule has 0 radical (unpaired) electrons. The minimum atomic E-state index is -1.64. The third-order valence-corrected chi connectivity index (χ3v) is 9.50. The fraction of sp³-hybridized carbons (Fsp3) is 0.867. The zero-order valence-corrected chi connectivity index (χ0v) is 15.8. The quantitative estimate of drug-likeness (QED) is 0.435. The minimum Gasteiger partial charge on any atom is -0.410 e. The van der Waals surface area contributed by atoms with Crippen molar-refractivity contribution in [3.8, 4) is 0 Å². The monoisotopic (exact) mass is 380 g/mol. The molecule has 1 nitrogen and oxygen atoms in total. The second-order valence-corrected chi connectivity index (χ2v) is 12.5. The zero-order chi connectivity index (χ0) is 13.8. The fourth-order valence-corrected chi connectivity index (χ4v) is 4.06. The van der Waals surface area contributed by atoms with Gasteiger partial charge in [0.2, 0.25) is 0 Å². The molecule has 1 saturated carbocycles. The van der Waals surface area contributed by atoms with Gasteiger partial charge in [-0.05, 0) is 41.0 Å². The molecule has 0 aliphatic heterocycles. The van der Waals surface area contributed by atoms with Crippen molar-refractivity contribution in [3.63, 3.8) is 0 Å². The topological polar surface area (TPSA) is 9.23 Å². The van der Waals surface area contributed by atoms with Crippen molar-refractivity contribution < 1.29 is 4.43 Å². The van der Waals surface area contributed by atoms with Gasteiger partial charge in [0.15, 0.2) is 8.32 Å². The van der Waals surface area contributed by atoms with E-state index in [0.29, 0.717) is 11.1 Å². The molecule has 0 aromatic heterocycles. The van der Waals surface area contributed by atoms with Gasteiger partial charge in [0.25, 0.3) is 0 Å². The molecular formula is C15H29IOSi. The molecule has 0 N–H and O–H groups in total. The Kier molecular flexibility index (Phi) is 6.39. The first kappa shape index (κ1) is 16.7. The van der Waals surface area contributed by atoms with Crippen LogP contribution < -0.4 is 0 Å². The van der Waals surface area contributed by atoms with Crippen LogP contribution in [0.15, 0.2) is 10.2 Å². The van der Waals surface area contributed by atoms with Gasteiger partial charge in [0, 0.05) is 0 Å². The maximum Gasteiger partial charge on any atom is 0.192 e. The fourth-order valence-electron chi connectivity index (χ4n) is 2.34. The van der Waals surface area contributed by atoms with Crippen LogP contribution in [0.25, 0.3) is 0 Å². The van der Waals surface area contributed by atoms with E-state index >= 15 is 0 Å². The van der Waals surface area contributed by atoms with E-state index in [1.807, 2.05) is 0 Å². The van der Waals surface area contributed by atoms with E-state index in [0.717, 1.165) is 5.92 Å². The van der Waals surface area contributed by atoms with Crippen LogP contribution >= 0.6 is 22.6 Å². The minimum absolute atomic E-state index is 0.305. The van der Waals surface area contributed by atoms with E-state index in [1.165, 1.54) is 32.1 Å². The molecule has 0 bridgehead atoms. The van der Waals surface area contributed by atoms with Crippen LogP contribution in [0.1, 0.15) is 52.9 Å². The maximum atomic E-state index is 6.63. The van der Waals surface area contributed by atoms with Gasteiger partial charge in [-0.1, -0.05) is 68.7 Å². The van der Waals surface area contributed by atoms with E-state index in [1.54, 1.807) is 0 Å². The number of halogens is 1. The largest absolute Gasteiger partial charge is 0.410 e. The normalized spacial score (nSPS) is 21.4. The highest BCUT2D eigenvalue weighted by Crippen LogP contribution is 2.40. The van der Waals surface area contributed by atoms with Gasteiger partial charge in [-0.3, -0.25) is 0 Å². The highest BCUT2D eigenvalue weighted by atomic mass is 127. The first-order chi connectivity index (χ1) is 8.28. The lowest BCUT2D eigenvalue weighted by Crippen LogP contribution is -2.45. The van der Waals surface area contributed by atoms with Crippen molar-refractivity contribution in [1.82, 2.24) is 0 Å². The van der Waals surface area contributed by atoms with E-state index in [-0.39, 0.29) is 0 Å². The summed E-state index contributed by atoms with van der Waals surface area (Å²) in [6, 6.07) is 0. The molecule has 0 aromatic rings. The molecule has 0 unspecified atom stereocenters. The van der Waals surface area contributed by atoms with Crippen LogP contribution in [0.5, 0.6) is 0 Å². The van der Waals surface area contributed by atoms with Gasteiger partial charge in [-0.2, -0.15) is 0 Å². The van der Waals surface area contributed by atoms with Crippen molar-refractivity contribution in [2.24, 2.45) is 5.92 Å². The van der Waals surface area contributed by atoms with E-state index in [2.05, 4.69) is 66.6 Å². The van der Waals surface area contributed by atoms with Crippen LogP contribution in [-0.4, -0.2) is 14.4 Å². The predicted molar refractivity (Wildman–Crippen MR) is 91.8 cm³/mol. The van der Waals surface area contributed by atoms with Gasteiger partial charge in [-0.15, -0.1) is 0 Å². The summed E-state index contributed by atoms with van der Waals surface area (Å²) in [6.07, 6.45) is 9.52. The molecule has 1 fully saturated rings. The Hall–Kier alpha value is 0.647. The highest BCUT2D eigenvalue weighted by Gasteiger charge is 2.40. The summed E-state index contributed by atoms with van der Waals surface area (Å²) in [4.78, 5) is 0. The Morgan fingerprint density at radius 2 is 1.72 bits per heavy atom. The summed E-state index contributed by atoms with van der Waals surface area (Å²) in [6.45, 7) is 11.7. The standard InChI is InChI=1S/C15H29IOSi/c1-15(2,3)18(4,5)17-14(11-12-16)13-9-7-6-8-10-13/h11-14H,6-10H2,1-5H3/b12-11-/t14-/m0/s1. The van der Waals surface area contributed by atoms with Crippen molar-refractivity contribution in [2.45, 2.75) is 77.1 Å². The maximum absolute atomic E-state index is 6.63. The molecule has 1 aliphatic rings. The average Bonchev–Trinajstić information content (AvgIpc) is 2.28. The summed E-state index contributed by atoms with van der Waals surface area (Å²) >= 11 is 2.33. The molecule has 0 saturated heterocycles. The summed E-state index contributed by atoms with van der Waals surface area (Å²) in [5, 5.41) is 0.305.